The summed E-state index contributed by atoms with van der Waals surface area (Å²) in [5.41, 5.74) is 8.06. The van der Waals surface area contributed by atoms with Gasteiger partial charge in [0.1, 0.15) is 11.6 Å². The van der Waals surface area contributed by atoms with E-state index < -0.39 is 0 Å². The second-order valence-electron chi connectivity index (χ2n) is 4.22. The van der Waals surface area contributed by atoms with Crippen LogP contribution >= 0.6 is 39.1 Å². The molecule has 20 heavy (non-hydrogen) atoms. The fraction of sp³-hybridized carbons (Fsp3) is 0. The fourth-order valence-electron chi connectivity index (χ4n) is 1.91. The lowest BCUT2D eigenvalue weighted by atomic mass is 10.1. The highest BCUT2D eigenvalue weighted by Crippen LogP contribution is 2.34. The third kappa shape index (κ3) is 2.26. The second-order valence-corrected chi connectivity index (χ2v) is 5.92. The number of aromatic amines is 1. The highest BCUT2D eigenvalue weighted by Gasteiger charge is 2.13. The molecule has 3 N–H and O–H groups in total. The standard InChI is InChI=1S/C13H7BrCl2FN3/c14-7-3-10-11(4-9(7)17)20-13(19-10)6-1-5(15)2-8(16)12(6)18/h1-4H,18H2,(H,19,20). The predicted molar refractivity (Wildman–Crippen MR) is 83.6 cm³/mol. The van der Waals surface area contributed by atoms with Gasteiger partial charge < -0.3 is 10.7 Å². The van der Waals surface area contributed by atoms with Gasteiger partial charge in [-0.2, -0.15) is 0 Å². The van der Waals surface area contributed by atoms with E-state index in [1.54, 1.807) is 18.2 Å². The number of nitrogen functional groups attached to an aromatic ring is 1. The first kappa shape index (κ1) is 13.7. The van der Waals surface area contributed by atoms with Crippen LogP contribution < -0.4 is 5.73 Å². The van der Waals surface area contributed by atoms with E-state index in [-0.39, 0.29) is 5.82 Å². The van der Waals surface area contributed by atoms with Gasteiger partial charge in [0, 0.05) is 16.7 Å². The molecule has 0 saturated carbocycles. The Morgan fingerprint density at radius 1 is 1.20 bits per heavy atom. The average Bonchev–Trinajstić information content (AvgIpc) is 2.77. The summed E-state index contributed by atoms with van der Waals surface area (Å²) in [6, 6.07) is 6.16. The molecule has 3 nitrogen and oxygen atoms in total. The lowest BCUT2D eigenvalue weighted by molar-refractivity contribution is 0.623. The molecule has 0 radical (unpaired) electrons. The smallest absolute Gasteiger partial charge is 0.140 e. The molecule has 1 aromatic heterocycles. The lowest BCUT2D eigenvalue weighted by Crippen LogP contribution is -1.92. The van der Waals surface area contributed by atoms with Gasteiger partial charge in [0.25, 0.3) is 0 Å². The van der Waals surface area contributed by atoms with Crippen LogP contribution in [0.2, 0.25) is 10.0 Å². The lowest BCUT2D eigenvalue weighted by Gasteiger charge is -2.05. The summed E-state index contributed by atoms with van der Waals surface area (Å²) >= 11 is 15.1. The third-order valence-electron chi connectivity index (χ3n) is 2.87. The van der Waals surface area contributed by atoms with Crippen LogP contribution in [0.3, 0.4) is 0 Å². The summed E-state index contributed by atoms with van der Waals surface area (Å²) in [6.45, 7) is 0. The van der Waals surface area contributed by atoms with E-state index in [0.29, 0.717) is 42.6 Å². The molecule has 0 fully saturated rings. The monoisotopic (exact) mass is 373 g/mol. The van der Waals surface area contributed by atoms with Crippen LogP contribution in [0.25, 0.3) is 22.4 Å². The van der Waals surface area contributed by atoms with Crippen molar-refractivity contribution in [1.82, 2.24) is 9.97 Å². The van der Waals surface area contributed by atoms with Crippen LogP contribution in [0.1, 0.15) is 0 Å². The first-order valence-electron chi connectivity index (χ1n) is 5.55. The summed E-state index contributed by atoms with van der Waals surface area (Å²) in [4.78, 5) is 7.38. The second kappa shape index (κ2) is 4.91. The van der Waals surface area contributed by atoms with Crippen LogP contribution in [-0.2, 0) is 0 Å². The maximum Gasteiger partial charge on any atom is 0.140 e. The van der Waals surface area contributed by atoms with Crippen molar-refractivity contribution in [3.8, 4) is 11.4 Å². The Balaban J connectivity index is 2.25. The van der Waals surface area contributed by atoms with Gasteiger partial charge in [-0.05, 0) is 34.1 Å². The molecule has 0 aliphatic heterocycles. The molecule has 0 spiro atoms. The SMILES string of the molecule is Nc1c(Cl)cc(Cl)cc1-c1nc2cc(Br)c(F)cc2[nH]1. The Morgan fingerprint density at radius 2 is 1.95 bits per heavy atom. The summed E-state index contributed by atoms with van der Waals surface area (Å²) in [5.74, 6) is 0.115. The fourth-order valence-corrected chi connectivity index (χ4v) is 2.74. The van der Waals surface area contributed by atoms with Gasteiger partial charge in [-0.25, -0.2) is 9.37 Å². The quantitative estimate of drug-likeness (QED) is 0.587. The molecule has 0 saturated heterocycles. The first-order valence-corrected chi connectivity index (χ1v) is 7.10. The number of aromatic nitrogens is 2. The van der Waals surface area contributed by atoms with Crippen molar-refractivity contribution < 1.29 is 4.39 Å². The summed E-state index contributed by atoms with van der Waals surface area (Å²) in [5, 5.41) is 0.798. The number of benzene rings is 2. The number of imidazole rings is 1. The first-order chi connectivity index (χ1) is 9.45. The third-order valence-corrected chi connectivity index (χ3v) is 4.01. The predicted octanol–water partition coefficient (Wildman–Crippen LogP) is 5.02. The molecule has 102 valence electrons. The zero-order valence-electron chi connectivity index (χ0n) is 9.85. The number of nitrogens with one attached hydrogen (secondary N) is 1. The van der Waals surface area contributed by atoms with E-state index in [4.69, 9.17) is 28.9 Å². The molecule has 0 aliphatic carbocycles. The van der Waals surface area contributed by atoms with Gasteiger partial charge in [0.15, 0.2) is 0 Å². The Bertz CT molecular complexity index is 793. The Hall–Kier alpha value is -1.30. The molecular weight excluding hydrogens is 368 g/mol. The van der Waals surface area contributed by atoms with Crippen molar-refractivity contribution in [2.24, 2.45) is 0 Å². The maximum atomic E-state index is 13.5. The highest BCUT2D eigenvalue weighted by molar-refractivity contribution is 9.10. The number of halogens is 4. The normalized spacial score (nSPS) is 11.2. The zero-order chi connectivity index (χ0) is 14.4. The van der Waals surface area contributed by atoms with Gasteiger partial charge in [-0.3, -0.25) is 0 Å². The minimum absolute atomic E-state index is 0.347. The van der Waals surface area contributed by atoms with E-state index in [1.807, 2.05) is 0 Å². The van der Waals surface area contributed by atoms with Gasteiger partial charge in [0.05, 0.1) is 26.2 Å². The van der Waals surface area contributed by atoms with Crippen LogP contribution in [-0.4, -0.2) is 9.97 Å². The van der Waals surface area contributed by atoms with Crippen LogP contribution in [0.15, 0.2) is 28.7 Å². The summed E-state index contributed by atoms with van der Waals surface area (Å²) < 4.78 is 13.9. The Morgan fingerprint density at radius 3 is 2.70 bits per heavy atom. The number of nitrogens with two attached hydrogens (primary N) is 1. The number of fused-ring (bicyclic) bond motifs is 1. The van der Waals surface area contributed by atoms with Crippen molar-refractivity contribution >= 4 is 55.9 Å². The van der Waals surface area contributed by atoms with E-state index in [2.05, 4.69) is 25.9 Å². The van der Waals surface area contributed by atoms with E-state index in [9.17, 15) is 4.39 Å². The van der Waals surface area contributed by atoms with E-state index in [1.165, 1.54) is 6.07 Å². The molecule has 1 heterocycles. The minimum Gasteiger partial charge on any atom is -0.397 e. The van der Waals surface area contributed by atoms with Gasteiger partial charge in [0.2, 0.25) is 0 Å². The van der Waals surface area contributed by atoms with Gasteiger partial charge >= 0.3 is 0 Å². The molecule has 0 bridgehead atoms. The molecular formula is C13H7BrCl2FN3. The number of hydrogen-bond acceptors (Lipinski definition) is 2. The van der Waals surface area contributed by atoms with Crippen LogP contribution in [0.5, 0.6) is 0 Å². The molecule has 3 aromatic rings. The van der Waals surface area contributed by atoms with Gasteiger partial charge in [-0.15, -0.1) is 0 Å². The highest BCUT2D eigenvalue weighted by atomic mass is 79.9. The zero-order valence-corrected chi connectivity index (χ0v) is 12.9. The minimum atomic E-state index is -0.371. The molecule has 0 amide bonds. The molecule has 2 aromatic carbocycles. The van der Waals surface area contributed by atoms with Crippen LogP contribution in [0, 0.1) is 5.82 Å². The van der Waals surface area contributed by atoms with Crippen LogP contribution in [0.4, 0.5) is 10.1 Å². The molecule has 3 rings (SSSR count). The summed E-state index contributed by atoms with van der Waals surface area (Å²) in [7, 11) is 0. The van der Waals surface area contributed by atoms with Crippen molar-refractivity contribution in [1.29, 1.82) is 0 Å². The van der Waals surface area contributed by atoms with Crippen molar-refractivity contribution in [2.45, 2.75) is 0 Å². The van der Waals surface area contributed by atoms with E-state index >= 15 is 0 Å². The van der Waals surface area contributed by atoms with Crippen molar-refractivity contribution in [3.05, 3.63) is 44.6 Å². The molecule has 7 heteroatoms. The van der Waals surface area contributed by atoms with Gasteiger partial charge in [-0.1, -0.05) is 23.2 Å². The maximum absolute atomic E-state index is 13.5. The van der Waals surface area contributed by atoms with Crippen molar-refractivity contribution in [2.75, 3.05) is 5.73 Å². The number of nitrogens with zero attached hydrogens (tertiary/aromatic N) is 1. The van der Waals surface area contributed by atoms with Crippen molar-refractivity contribution in [3.63, 3.8) is 0 Å². The number of hydrogen-bond donors (Lipinski definition) is 2. The topological polar surface area (TPSA) is 54.7 Å². The molecule has 0 unspecified atom stereocenters. The Kier molecular flexibility index (Phi) is 3.36. The Labute approximate surface area is 132 Å². The van der Waals surface area contributed by atoms with E-state index in [0.717, 1.165) is 0 Å². The number of H-pyrrole nitrogens is 1. The molecule has 0 aliphatic rings. The summed E-state index contributed by atoms with van der Waals surface area (Å²) in [6.07, 6.45) is 0. The average molecular weight is 375 g/mol. The number of anilines is 1. The molecule has 0 atom stereocenters. The number of rotatable bonds is 1. The largest absolute Gasteiger partial charge is 0.397 e.